The number of amides is 1. The molecule has 3 aromatic rings. The van der Waals surface area contributed by atoms with Crippen LogP contribution in [-0.2, 0) is 20.0 Å². The Morgan fingerprint density at radius 3 is 2.27 bits per heavy atom. The molecule has 0 aliphatic rings. The van der Waals surface area contributed by atoms with E-state index in [9.17, 15) is 26.0 Å². The van der Waals surface area contributed by atoms with Crippen molar-refractivity contribution >= 4 is 26.0 Å². The summed E-state index contributed by atoms with van der Waals surface area (Å²) in [6.07, 6.45) is 0. The van der Waals surface area contributed by atoms with Crippen LogP contribution in [0.2, 0.25) is 0 Å². The van der Waals surface area contributed by atoms with E-state index in [2.05, 4.69) is 11.8 Å². The molecule has 0 radical (unpaired) electrons. The van der Waals surface area contributed by atoms with Crippen molar-refractivity contribution in [2.45, 2.75) is 9.79 Å². The number of ether oxygens (including phenoxy) is 1. The van der Waals surface area contributed by atoms with Gasteiger partial charge in [-0.25, -0.2) is 31.1 Å². The van der Waals surface area contributed by atoms with Gasteiger partial charge in [-0.15, -0.1) is 0 Å². The van der Waals surface area contributed by atoms with Gasteiger partial charge in [0.2, 0.25) is 10.0 Å². The van der Waals surface area contributed by atoms with Crippen LogP contribution in [0.3, 0.4) is 0 Å². The summed E-state index contributed by atoms with van der Waals surface area (Å²) in [6.45, 7) is 0. The van der Waals surface area contributed by atoms with Crippen molar-refractivity contribution in [3.8, 4) is 17.6 Å². The minimum absolute atomic E-state index is 0.0835. The fourth-order valence-electron chi connectivity index (χ4n) is 2.78. The van der Waals surface area contributed by atoms with Gasteiger partial charge in [-0.2, -0.15) is 0 Å². The van der Waals surface area contributed by atoms with Gasteiger partial charge in [0.05, 0.1) is 12.7 Å². The maximum Gasteiger partial charge on any atom is 0.265 e. The van der Waals surface area contributed by atoms with Gasteiger partial charge in [-0.3, -0.25) is 4.79 Å². The number of methoxy groups -OCH3 is 1. The Labute approximate surface area is 190 Å². The third-order valence-corrected chi connectivity index (χ3v) is 6.79. The minimum atomic E-state index is -4.56. The fourth-order valence-corrected chi connectivity index (χ4v) is 5.14. The van der Waals surface area contributed by atoms with Crippen molar-refractivity contribution in [3.63, 3.8) is 0 Å². The topological polar surface area (TPSA) is 133 Å². The highest BCUT2D eigenvalue weighted by atomic mass is 32.2. The summed E-state index contributed by atoms with van der Waals surface area (Å²) in [5, 5.41) is 5.07. The number of primary sulfonamides is 1. The molecule has 0 spiro atoms. The Morgan fingerprint density at radius 1 is 0.939 bits per heavy atom. The predicted octanol–water partition coefficient (Wildman–Crippen LogP) is 2.00. The summed E-state index contributed by atoms with van der Waals surface area (Å²) in [5.74, 6) is 4.28. The van der Waals surface area contributed by atoms with Gasteiger partial charge in [0.1, 0.15) is 21.4 Å². The zero-order valence-electron chi connectivity index (χ0n) is 17.1. The lowest BCUT2D eigenvalue weighted by atomic mass is 10.1. The molecule has 3 N–H and O–H groups in total. The van der Waals surface area contributed by atoms with Gasteiger partial charge in [0.15, 0.2) is 0 Å². The Kier molecular flexibility index (Phi) is 6.83. The van der Waals surface area contributed by atoms with E-state index in [1.165, 1.54) is 55.6 Å². The van der Waals surface area contributed by atoms with Crippen LogP contribution < -0.4 is 14.6 Å². The van der Waals surface area contributed by atoms with Crippen molar-refractivity contribution in [1.29, 1.82) is 0 Å². The van der Waals surface area contributed by atoms with E-state index in [1.54, 1.807) is 6.07 Å². The number of nitrogens with one attached hydrogen (secondary N) is 1. The summed E-state index contributed by atoms with van der Waals surface area (Å²) < 4.78 is 69.1. The number of sulfonamides is 2. The highest BCUT2D eigenvalue weighted by molar-refractivity contribution is 7.92. The first-order chi connectivity index (χ1) is 15.5. The summed E-state index contributed by atoms with van der Waals surface area (Å²) in [6, 6.07) is 14.3. The SMILES string of the molecule is COc1cc(C(=O)NS(=O)(=O)c2ccccc2S(N)(=O)=O)ccc1C#Cc1cccc(F)c1. The molecule has 11 heteroatoms. The zero-order valence-corrected chi connectivity index (χ0v) is 18.7. The van der Waals surface area contributed by atoms with Crippen molar-refractivity contribution in [2.24, 2.45) is 5.14 Å². The Hall–Kier alpha value is -3.72. The van der Waals surface area contributed by atoms with Crippen LogP contribution in [-0.4, -0.2) is 29.9 Å². The monoisotopic (exact) mass is 488 g/mol. The van der Waals surface area contributed by atoms with Crippen LogP contribution in [0, 0.1) is 17.7 Å². The second kappa shape index (κ2) is 9.41. The van der Waals surface area contributed by atoms with Crippen molar-refractivity contribution < 1.29 is 30.8 Å². The zero-order chi connectivity index (χ0) is 24.2. The molecule has 8 nitrogen and oxygen atoms in total. The van der Waals surface area contributed by atoms with Gasteiger partial charge in [-0.1, -0.05) is 30.0 Å². The second-order valence-corrected chi connectivity index (χ2v) is 9.78. The van der Waals surface area contributed by atoms with Gasteiger partial charge < -0.3 is 4.74 Å². The highest BCUT2D eigenvalue weighted by Crippen LogP contribution is 2.22. The molecule has 0 atom stereocenters. The number of halogens is 1. The minimum Gasteiger partial charge on any atom is -0.495 e. The second-order valence-electron chi connectivity index (χ2n) is 6.60. The first kappa shape index (κ1) is 23.9. The maximum absolute atomic E-state index is 13.3. The number of carbonyl (C=O) groups excluding carboxylic acids is 1. The number of benzene rings is 3. The molecule has 33 heavy (non-hydrogen) atoms. The molecule has 1 amide bonds. The molecule has 0 aliphatic heterocycles. The van der Waals surface area contributed by atoms with Crippen LogP contribution in [0.25, 0.3) is 0 Å². The molecule has 0 heterocycles. The third-order valence-electron chi connectivity index (χ3n) is 4.30. The normalized spacial score (nSPS) is 11.2. The molecule has 3 aromatic carbocycles. The first-order valence-corrected chi connectivity index (χ1v) is 12.2. The van der Waals surface area contributed by atoms with Gasteiger partial charge in [0.25, 0.3) is 15.9 Å². The van der Waals surface area contributed by atoms with Gasteiger partial charge in [-0.05, 0) is 48.5 Å². The predicted molar refractivity (Wildman–Crippen MR) is 118 cm³/mol. The van der Waals surface area contributed by atoms with E-state index < -0.39 is 41.6 Å². The molecule has 0 saturated heterocycles. The van der Waals surface area contributed by atoms with E-state index in [-0.39, 0.29) is 11.3 Å². The molecule has 0 unspecified atom stereocenters. The largest absolute Gasteiger partial charge is 0.495 e. The molecule has 0 aliphatic carbocycles. The van der Waals surface area contributed by atoms with Crippen LogP contribution in [0.5, 0.6) is 5.75 Å². The molecule has 0 bridgehead atoms. The van der Waals surface area contributed by atoms with Crippen molar-refractivity contribution in [1.82, 2.24) is 4.72 Å². The molecular weight excluding hydrogens is 471 g/mol. The fraction of sp³-hybridized carbons (Fsp3) is 0.0455. The highest BCUT2D eigenvalue weighted by Gasteiger charge is 2.26. The van der Waals surface area contributed by atoms with Crippen LogP contribution in [0.15, 0.2) is 76.5 Å². The molecule has 0 saturated carbocycles. The Morgan fingerprint density at radius 2 is 1.64 bits per heavy atom. The maximum atomic E-state index is 13.3. The van der Waals surface area contributed by atoms with E-state index in [4.69, 9.17) is 9.88 Å². The average Bonchev–Trinajstić information content (AvgIpc) is 2.76. The summed E-state index contributed by atoms with van der Waals surface area (Å²) >= 11 is 0. The molecule has 170 valence electrons. The lowest BCUT2D eigenvalue weighted by Gasteiger charge is -2.11. The molecular formula is C22H17FN2O6S2. The van der Waals surface area contributed by atoms with Crippen molar-refractivity contribution in [3.05, 3.63) is 89.2 Å². The summed E-state index contributed by atoms with van der Waals surface area (Å²) in [5.41, 5.74) is 0.721. The summed E-state index contributed by atoms with van der Waals surface area (Å²) in [4.78, 5) is 11.3. The van der Waals surface area contributed by atoms with Crippen LogP contribution in [0.1, 0.15) is 21.5 Å². The van der Waals surface area contributed by atoms with E-state index in [1.807, 2.05) is 4.72 Å². The average molecular weight is 489 g/mol. The lowest BCUT2D eigenvalue weighted by molar-refractivity contribution is 0.0981. The number of carbonyl (C=O) groups is 1. The number of hydrogen-bond acceptors (Lipinski definition) is 6. The standard InChI is InChI=1S/C22H17FN2O6S2/c1-31-19-14-17(12-11-16(19)10-9-15-5-4-6-18(23)13-15)22(26)25-33(29,30)21-8-3-2-7-20(21)32(24,27)28/h2-8,11-14H,1H3,(H,25,26)(H2,24,27,28). The lowest BCUT2D eigenvalue weighted by Crippen LogP contribution is -2.32. The van der Waals surface area contributed by atoms with Gasteiger partial charge >= 0.3 is 0 Å². The number of nitrogens with two attached hydrogens (primary N) is 1. The summed E-state index contributed by atoms with van der Waals surface area (Å²) in [7, 11) is -7.58. The number of hydrogen-bond donors (Lipinski definition) is 2. The van der Waals surface area contributed by atoms with Crippen molar-refractivity contribution in [2.75, 3.05) is 7.11 Å². The Balaban J connectivity index is 1.90. The van der Waals surface area contributed by atoms with Crippen LogP contribution in [0.4, 0.5) is 4.39 Å². The smallest absolute Gasteiger partial charge is 0.265 e. The molecule has 3 rings (SSSR count). The van der Waals surface area contributed by atoms with E-state index >= 15 is 0 Å². The van der Waals surface area contributed by atoms with E-state index in [0.29, 0.717) is 11.1 Å². The Bertz CT molecular complexity index is 1510. The third kappa shape index (κ3) is 5.75. The van der Waals surface area contributed by atoms with E-state index in [0.717, 1.165) is 12.1 Å². The van der Waals surface area contributed by atoms with Gasteiger partial charge in [0, 0.05) is 11.1 Å². The first-order valence-electron chi connectivity index (χ1n) is 9.16. The molecule has 0 fully saturated rings. The number of rotatable bonds is 5. The van der Waals surface area contributed by atoms with Crippen LogP contribution >= 0.6 is 0 Å². The molecule has 0 aromatic heterocycles. The quantitative estimate of drug-likeness (QED) is 0.528.